The van der Waals surface area contributed by atoms with Gasteiger partial charge in [0.2, 0.25) is 0 Å². The first-order chi connectivity index (χ1) is 6.34. The summed E-state index contributed by atoms with van der Waals surface area (Å²) in [6, 6.07) is 3.92. The van der Waals surface area contributed by atoms with Crippen LogP contribution in [0.4, 0.5) is 5.82 Å². The smallest absolute Gasteiger partial charge is 0.126 e. The molecule has 0 amide bonds. The number of unbranched alkanes of at least 4 members (excludes halogenated alkanes) is 2. The van der Waals surface area contributed by atoms with Gasteiger partial charge in [-0.25, -0.2) is 4.98 Å². The molecule has 13 heavy (non-hydrogen) atoms. The largest absolute Gasteiger partial charge is 0.383 e. The number of aryl methyl sites for hydroxylation is 1. The van der Waals surface area contributed by atoms with Gasteiger partial charge in [-0.05, 0) is 30.9 Å². The van der Waals surface area contributed by atoms with Crippen LogP contribution in [0.25, 0.3) is 0 Å². The zero-order valence-electron chi connectivity index (χ0n) is 7.66. The zero-order valence-corrected chi connectivity index (χ0v) is 7.66. The lowest BCUT2D eigenvalue weighted by Gasteiger charge is -2.02. The van der Waals surface area contributed by atoms with Gasteiger partial charge in [-0.1, -0.05) is 6.07 Å². The molecule has 0 aromatic carbocycles. The number of terminal acetylenes is 1. The van der Waals surface area contributed by atoms with E-state index in [9.17, 15) is 0 Å². The summed E-state index contributed by atoms with van der Waals surface area (Å²) in [4.78, 5) is 4.02. The third-order valence-electron chi connectivity index (χ3n) is 1.94. The molecule has 1 rings (SSSR count). The molecular weight excluding hydrogens is 160 g/mol. The number of nitrogen functional groups attached to an aromatic ring is 1. The van der Waals surface area contributed by atoms with Crippen molar-refractivity contribution in [1.29, 1.82) is 0 Å². The second kappa shape index (κ2) is 5.21. The number of anilines is 1. The van der Waals surface area contributed by atoms with E-state index in [0.717, 1.165) is 31.2 Å². The fourth-order valence-corrected chi connectivity index (χ4v) is 1.20. The number of rotatable bonds is 4. The van der Waals surface area contributed by atoms with E-state index in [0.29, 0.717) is 5.82 Å². The monoisotopic (exact) mass is 174 g/mol. The number of hydrogen-bond donors (Lipinski definition) is 1. The predicted molar refractivity (Wildman–Crippen MR) is 55.0 cm³/mol. The third-order valence-corrected chi connectivity index (χ3v) is 1.94. The van der Waals surface area contributed by atoms with Gasteiger partial charge in [0, 0.05) is 12.6 Å². The Balaban J connectivity index is 2.37. The average molecular weight is 174 g/mol. The Bertz CT molecular complexity index is 299. The SMILES string of the molecule is C#CCCCCc1cccnc1N. The molecular formula is C11H14N2. The minimum absolute atomic E-state index is 0.642. The van der Waals surface area contributed by atoms with Gasteiger partial charge in [0.25, 0.3) is 0 Å². The van der Waals surface area contributed by atoms with Crippen molar-refractivity contribution in [1.82, 2.24) is 4.98 Å². The predicted octanol–water partition coefficient (Wildman–Crippen LogP) is 2.01. The Morgan fingerprint density at radius 1 is 1.46 bits per heavy atom. The first kappa shape index (κ1) is 9.60. The van der Waals surface area contributed by atoms with Crippen LogP contribution in [-0.2, 0) is 6.42 Å². The second-order valence-electron chi connectivity index (χ2n) is 2.96. The summed E-state index contributed by atoms with van der Waals surface area (Å²) < 4.78 is 0. The molecule has 2 nitrogen and oxygen atoms in total. The average Bonchev–Trinajstić information content (AvgIpc) is 2.15. The standard InChI is InChI=1S/C11H14N2/c1-2-3-4-5-7-10-8-6-9-13-11(10)12/h1,6,8-9H,3-5,7H2,(H2,12,13). The molecule has 0 fully saturated rings. The van der Waals surface area contributed by atoms with Crippen molar-refractivity contribution in [3.8, 4) is 12.3 Å². The van der Waals surface area contributed by atoms with Gasteiger partial charge in [0.15, 0.2) is 0 Å². The van der Waals surface area contributed by atoms with Gasteiger partial charge in [0.05, 0.1) is 0 Å². The molecule has 0 saturated carbocycles. The molecule has 1 aromatic rings. The maximum Gasteiger partial charge on any atom is 0.126 e. The van der Waals surface area contributed by atoms with E-state index in [1.807, 2.05) is 12.1 Å². The Hall–Kier alpha value is -1.49. The van der Waals surface area contributed by atoms with Gasteiger partial charge >= 0.3 is 0 Å². The highest BCUT2D eigenvalue weighted by molar-refractivity contribution is 5.38. The first-order valence-corrected chi connectivity index (χ1v) is 4.47. The maximum absolute atomic E-state index is 5.68. The molecule has 0 radical (unpaired) electrons. The Morgan fingerprint density at radius 2 is 2.31 bits per heavy atom. The number of nitrogens with zero attached hydrogens (tertiary/aromatic N) is 1. The molecule has 1 heterocycles. The van der Waals surface area contributed by atoms with Gasteiger partial charge < -0.3 is 5.73 Å². The van der Waals surface area contributed by atoms with Crippen LogP contribution in [0.15, 0.2) is 18.3 Å². The second-order valence-corrected chi connectivity index (χ2v) is 2.96. The van der Waals surface area contributed by atoms with E-state index < -0.39 is 0 Å². The van der Waals surface area contributed by atoms with Crippen molar-refractivity contribution in [2.75, 3.05) is 5.73 Å². The third kappa shape index (κ3) is 3.16. The van der Waals surface area contributed by atoms with Crippen LogP contribution in [0.1, 0.15) is 24.8 Å². The number of pyridine rings is 1. The van der Waals surface area contributed by atoms with Crippen molar-refractivity contribution >= 4 is 5.82 Å². The zero-order chi connectivity index (χ0) is 9.52. The van der Waals surface area contributed by atoms with Crippen LogP contribution in [0.2, 0.25) is 0 Å². The number of nitrogens with two attached hydrogens (primary N) is 1. The molecule has 0 atom stereocenters. The lowest BCUT2D eigenvalue weighted by atomic mass is 10.1. The number of aromatic nitrogens is 1. The topological polar surface area (TPSA) is 38.9 Å². The molecule has 0 aliphatic heterocycles. The van der Waals surface area contributed by atoms with Gasteiger partial charge in [-0.3, -0.25) is 0 Å². The van der Waals surface area contributed by atoms with Crippen LogP contribution in [0, 0.1) is 12.3 Å². The molecule has 0 unspecified atom stereocenters. The summed E-state index contributed by atoms with van der Waals surface area (Å²) in [5, 5.41) is 0. The lowest BCUT2D eigenvalue weighted by Crippen LogP contribution is -1.96. The lowest BCUT2D eigenvalue weighted by molar-refractivity contribution is 0.756. The van der Waals surface area contributed by atoms with E-state index in [2.05, 4.69) is 10.9 Å². The number of hydrogen-bond acceptors (Lipinski definition) is 2. The molecule has 0 aliphatic carbocycles. The summed E-state index contributed by atoms with van der Waals surface area (Å²) in [7, 11) is 0. The summed E-state index contributed by atoms with van der Waals surface area (Å²) in [6.07, 6.45) is 10.8. The molecule has 0 bridgehead atoms. The minimum atomic E-state index is 0.642. The molecule has 0 spiro atoms. The van der Waals surface area contributed by atoms with Gasteiger partial charge in [0.1, 0.15) is 5.82 Å². The van der Waals surface area contributed by atoms with Crippen molar-refractivity contribution in [3.05, 3.63) is 23.9 Å². The fraction of sp³-hybridized carbons (Fsp3) is 0.364. The van der Waals surface area contributed by atoms with E-state index in [1.54, 1.807) is 6.20 Å². The fourth-order valence-electron chi connectivity index (χ4n) is 1.20. The van der Waals surface area contributed by atoms with Gasteiger partial charge in [-0.2, -0.15) is 0 Å². The summed E-state index contributed by atoms with van der Waals surface area (Å²) >= 11 is 0. The molecule has 1 aromatic heterocycles. The van der Waals surface area contributed by atoms with E-state index in [4.69, 9.17) is 12.2 Å². The highest BCUT2D eigenvalue weighted by Crippen LogP contribution is 2.11. The maximum atomic E-state index is 5.68. The van der Waals surface area contributed by atoms with Crippen LogP contribution in [0.3, 0.4) is 0 Å². The van der Waals surface area contributed by atoms with Gasteiger partial charge in [-0.15, -0.1) is 12.3 Å². The van der Waals surface area contributed by atoms with Crippen LogP contribution in [0.5, 0.6) is 0 Å². The summed E-state index contributed by atoms with van der Waals surface area (Å²) in [5.74, 6) is 3.26. The highest BCUT2D eigenvalue weighted by Gasteiger charge is 1.97. The Morgan fingerprint density at radius 3 is 3.00 bits per heavy atom. The summed E-state index contributed by atoms with van der Waals surface area (Å²) in [5.41, 5.74) is 6.81. The molecule has 0 aliphatic rings. The normalized spacial score (nSPS) is 9.46. The highest BCUT2D eigenvalue weighted by atomic mass is 14.8. The molecule has 2 heteroatoms. The minimum Gasteiger partial charge on any atom is -0.383 e. The Labute approximate surface area is 79.2 Å². The van der Waals surface area contributed by atoms with Crippen LogP contribution < -0.4 is 5.73 Å². The van der Waals surface area contributed by atoms with Crippen LogP contribution >= 0.6 is 0 Å². The molecule has 0 saturated heterocycles. The van der Waals surface area contributed by atoms with Crippen molar-refractivity contribution < 1.29 is 0 Å². The molecule has 68 valence electrons. The van der Waals surface area contributed by atoms with E-state index >= 15 is 0 Å². The van der Waals surface area contributed by atoms with Crippen molar-refractivity contribution in [2.45, 2.75) is 25.7 Å². The van der Waals surface area contributed by atoms with E-state index in [-0.39, 0.29) is 0 Å². The quantitative estimate of drug-likeness (QED) is 0.560. The Kier molecular flexibility index (Phi) is 3.84. The van der Waals surface area contributed by atoms with Crippen molar-refractivity contribution in [2.24, 2.45) is 0 Å². The van der Waals surface area contributed by atoms with E-state index in [1.165, 1.54) is 0 Å². The summed E-state index contributed by atoms with van der Waals surface area (Å²) in [6.45, 7) is 0. The molecule has 2 N–H and O–H groups in total. The van der Waals surface area contributed by atoms with Crippen molar-refractivity contribution in [3.63, 3.8) is 0 Å². The van der Waals surface area contributed by atoms with Crippen LogP contribution in [-0.4, -0.2) is 4.98 Å². The first-order valence-electron chi connectivity index (χ1n) is 4.47.